The molecule has 2 unspecified atom stereocenters. The summed E-state index contributed by atoms with van der Waals surface area (Å²) in [4.78, 5) is 6.36. The van der Waals surface area contributed by atoms with E-state index in [9.17, 15) is 13.2 Å². The van der Waals surface area contributed by atoms with E-state index in [1.54, 1.807) is 6.07 Å². The molecule has 0 aliphatic carbocycles. The molecule has 1 fully saturated rings. The number of nitrogens with zero attached hydrogens (tertiary/aromatic N) is 2. The Balaban J connectivity index is 1.42. The summed E-state index contributed by atoms with van der Waals surface area (Å²) in [6.07, 6.45) is -3.72. The van der Waals surface area contributed by atoms with Gasteiger partial charge in [0.15, 0.2) is 11.5 Å². The van der Waals surface area contributed by atoms with Gasteiger partial charge in [0.05, 0.1) is 29.4 Å². The number of alkyl halides is 3. The first kappa shape index (κ1) is 24.8. The summed E-state index contributed by atoms with van der Waals surface area (Å²) in [6.45, 7) is 3.47. The van der Waals surface area contributed by atoms with Crippen molar-refractivity contribution >= 4 is 11.6 Å². The summed E-state index contributed by atoms with van der Waals surface area (Å²) in [7, 11) is 1.54. The van der Waals surface area contributed by atoms with E-state index in [2.05, 4.69) is 32.9 Å². The van der Waals surface area contributed by atoms with E-state index >= 15 is 0 Å². The Hall–Kier alpha value is -2.85. The van der Waals surface area contributed by atoms with Crippen molar-refractivity contribution in [3.8, 4) is 22.8 Å². The van der Waals surface area contributed by atoms with Crippen molar-refractivity contribution in [1.29, 1.82) is 0 Å². The Morgan fingerprint density at radius 3 is 2.72 bits per heavy atom. The van der Waals surface area contributed by atoms with Gasteiger partial charge in [-0.2, -0.15) is 13.2 Å². The third-order valence-corrected chi connectivity index (χ3v) is 6.87. The second kappa shape index (κ2) is 10.3. The normalized spacial score (nSPS) is 20.5. The van der Waals surface area contributed by atoms with Gasteiger partial charge in [-0.15, -0.1) is 0 Å². The largest absolute Gasteiger partial charge is 0.493 e. The van der Waals surface area contributed by atoms with Crippen LogP contribution in [0.4, 0.5) is 13.2 Å². The predicted molar refractivity (Wildman–Crippen MR) is 131 cm³/mol. The van der Waals surface area contributed by atoms with Gasteiger partial charge in [-0.3, -0.25) is 15.3 Å². The average molecular weight is 519 g/mol. The maximum atomic E-state index is 13.1. The van der Waals surface area contributed by atoms with Crippen molar-refractivity contribution in [1.82, 2.24) is 20.7 Å². The zero-order chi connectivity index (χ0) is 25.3. The number of hydrogen-bond acceptors (Lipinski definition) is 6. The van der Waals surface area contributed by atoms with Gasteiger partial charge in [0.1, 0.15) is 6.61 Å². The van der Waals surface area contributed by atoms with Crippen molar-refractivity contribution in [3.05, 3.63) is 76.4 Å². The number of ether oxygens (including phenoxy) is 2. The van der Waals surface area contributed by atoms with Gasteiger partial charge in [0.2, 0.25) is 0 Å². The van der Waals surface area contributed by atoms with E-state index in [1.165, 1.54) is 12.7 Å². The van der Waals surface area contributed by atoms with Crippen molar-refractivity contribution in [2.24, 2.45) is 5.92 Å². The lowest BCUT2D eigenvalue weighted by molar-refractivity contribution is -0.137. The molecule has 3 heterocycles. The number of benzene rings is 2. The first-order chi connectivity index (χ1) is 17.3. The SMILES string of the molecule is COc1cc(-c2ncc(C(F)(F)F)cc2Cl)cc2c1OCCN(CC1CNNC1c1ccccc1)C2. The second-order valence-electron chi connectivity index (χ2n) is 8.98. The minimum absolute atomic E-state index is 0.0768. The molecule has 2 aliphatic rings. The van der Waals surface area contributed by atoms with Gasteiger partial charge in [0, 0.05) is 49.4 Å². The summed E-state index contributed by atoms with van der Waals surface area (Å²) in [5.74, 6) is 1.47. The number of halogens is 4. The Morgan fingerprint density at radius 2 is 2.00 bits per heavy atom. The zero-order valence-electron chi connectivity index (χ0n) is 19.6. The highest BCUT2D eigenvalue weighted by atomic mass is 35.5. The Morgan fingerprint density at radius 1 is 1.19 bits per heavy atom. The van der Waals surface area contributed by atoms with Crippen LogP contribution in [0.5, 0.6) is 11.5 Å². The number of hydrazine groups is 1. The Labute approximate surface area is 212 Å². The van der Waals surface area contributed by atoms with Crippen LogP contribution in [0.1, 0.15) is 22.7 Å². The molecule has 0 saturated carbocycles. The smallest absolute Gasteiger partial charge is 0.417 e. The number of pyridine rings is 1. The van der Waals surface area contributed by atoms with Crippen LogP contribution in [-0.2, 0) is 12.7 Å². The molecule has 0 radical (unpaired) electrons. The minimum Gasteiger partial charge on any atom is -0.493 e. The molecule has 0 spiro atoms. The highest BCUT2D eigenvalue weighted by Crippen LogP contribution is 2.41. The number of aromatic nitrogens is 1. The van der Waals surface area contributed by atoms with Crippen LogP contribution in [0.3, 0.4) is 0 Å². The molecular weight excluding hydrogens is 493 g/mol. The fraction of sp³-hybridized carbons (Fsp3) is 0.346. The summed E-state index contributed by atoms with van der Waals surface area (Å²) >= 11 is 6.24. The van der Waals surface area contributed by atoms with E-state index in [0.29, 0.717) is 36.1 Å². The van der Waals surface area contributed by atoms with Crippen molar-refractivity contribution in [2.75, 3.05) is 33.4 Å². The van der Waals surface area contributed by atoms with Crippen molar-refractivity contribution in [3.63, 3.8) is 0 Å². The highest BCUT2D eigenvalue weighted by molar-refractivity contribution is 6.33. The lowest BCUT2D eigenvalue weighted by Gasteiger charge is -2.26. The molecular formula is C26H26ClF3N4O2. The molecule has 190 valence electrons. The number of rotatable bonds is 5. The zero-order valence-corrected chi connectivity index (χ0v) is 20.4. The topological polar surface area (TPSA) is 58.7 Å². The first-order valence-electron chi connectivity index (χ1n) is 11.7. The Kier molecular flexibility index (Phi) is 7.07. The fourth-order valence-corrected chi connectivity index (χ4v) is 5.12. The molecule has 2 atom stereocenters. The maximum Gasteiger partial charge on any atom is 0.417 e. The van der Waals surface area contributed by atoms with Gasteiger partial charge in [-0.1, -0.05) is 41.9 Å². The summed E-state index contributed by atoms with van der Waals surface area (Å²) in [6, 6.07) is 15.0. The third kappa shape index (κ3) is 5.15. The lowest BCUT2D eigenvalue weighted by atomic mass is 9.94. The predicted octanol–water partition coefficient (Wildman–Crippen LogP) is 5.09. The van der Waals surface area contributed by atoms with Crippen LogP contribution in [0, 0.1) is 5.92 Å². The molecule has 10 heteroatoms. The van der Waals surface area contributed by atoms with Crippen LogP contribution in [-0.4, -0.2) is 43.2 Å². The Bertz CT molecular complexity index is 1230. The summed E-state index contributed by atoms with van der Waals surface area (Å²) < 4.78 is 50.9. The monoisotopic (exact) mass is 518 g/mol. The van der Waals surface area contributed by atoms with Gasteiger partial charge in [-0.05, 0) is 23.8 Å². The lowest BCUT2D eigenvalue weighted by Crippen LogP contribution is -2.34. The van der Waals surface area contributed by atoms with Gasteiger partial charge >= 0.3 is 6.18 Å². The highest BCUT2D eigenvalue weighted by Gasteiger charge is 2.33. The molecule has 0 bridgehead atoms. The van der Waals surface area contributed by atoms with Crippen molar-refractivity contribution < 1.29 is 22.6 Å². The van der Waals surface area contributed by atoms with E-state index in [-0.39, 0.29) is 16.8 Å². The number of nitrogens with one attached hydrogen (secondary N) is 2. The standard InChI is InChI=1S/C26H26ClF3N4O2/c1-35-22-10-17(24-21(27)11-20(13-31-24)26(28,29)30)9-18-14-34(7-8-36-25(18)22)15-19-12-32-33-23(19)16-5-3-2-4-6-16/h2-6,9-11,13,19,23,32-33H,7-8,12,14-15H2,1H3. The van der Waals surface area contributed by atoms with Crippen molar-refractivity contribution in [2.45, 2.75) is 18.8 Å². The van der Waals surface area contributed by atoms with Gasteiger partial charge < -0.3 is 9.47 Å². The molecule has 2 N–H and O–H groups in total. The van der Waals surface area contributed by atoms with Crippen LogP contribution >= 0.6 is 11.6 Å². The molecule has 0 amide bonds. The number of fused-ring (bicyclic) bond motifs is 1. The van der Waals surface area contributed by atoms with Crippen LogP contribution in [0.2, 0.25) is 5.02 Å². The molecule has 5 rings (SSSR count). The van der Waals surface area contributed by atoms with Crippen LogP contribution in [0.15, 0.2) is 54.7 Å². The quantitative estimate of drug-likeness (QED) is 0.491. The molecule has 2 aromatic carbocycles. The average Bonchev–Trinajstić information content (AvgIpc) is 3.22. The second-order valence-corrected chi connectivity index (χ2v) is 9.38. The van der Waals surface area contributed by atoms with Crippen LogP contribution < -0.4 is 20.3 Å². The molecule has 6 nitrogen and oxygen atoms in total. The van der Waals surface area contributed by atoms with E-state index in [4.69, 9.17) is 21.1 Å². The summed E-state index contributed by atoms with van der Waals surface area (Å²) in [5.41, 5.74) is 8.71. The van der Waals surface area contributed by atoms with Gasteiger partial charge in [-0.25, -0.2) is 5.43 Å². The third-order valence-electron chi connectivity index (χ3n) is 6.59. The first-order valence-corrected chi connectivity index (χ1v) is 12.0. The number of hydrogen-bond donors (Lipinski definition) is 2. The maximum absolute atomic E-state index is 13.1. The number of methoxy groups -OCH3 is 1. The van der Waals surface area contributed by atoms with Gasteiger partial charge in [0.25, 0.3) is 0 Å². The molecule has 1 saturated heterocycles. The van der Waals surface area contributed by atoms with E-state index in [1.807, 2.05) is 24.3 Å². The molecule has 1 aromatic heterocycles. The van der Waals surface area contributed by atoms with E-state index < -0.39 is 11.7 Å². The molecule has 36 heavy (non-hydrogen) atoms. The minimum atomic E-state index is -4.52. The summed E-state index contributed by atoms with van der Waals surface area (Å²) in [5, 5.41) is -0.0768. The molecule has 3 aromatic rings. The van der Waals surface area contributed by atoms with E-state index in [0.717, 1.165) is 37.5 Å². The van der Waals surface area contributed by atoms with Crippen LogP contribution in [0.25, 0.3) is 11.3 Å². The fourth-order valence-electron chi connectivity index (χ4n) is 4.84. The molecule has 2 aliphatic heterocycles.